The number of carbonyl (C=O) groups is 2. The summed E-state index contributed by atoms with van der Waals surface area (Å²) in [5, 5.41) is 9.45. The summed E-state index contributed by atoms with van der Waals surface area (Å²) >= 11 is 6.11. The van der Waals surface area contributed by atoms with Crippen LogP contribution in [0.4, 0.5) is 0 Å². The molecule has 6 nitrogen and oxygen atoms in total. The summed E-state index contributed by atoms with van der Waals surface area (Å²) in [4.78, 5) is 31.5. The number of hydrogen-bond acceptors (Lipinski definition) is 4. The highest BCUT2D eigenvalue weighted by Crippen LogP contribution is 2.24. The molecule has 212 valence electrons. The van der Waals surface area contributed by atoms with Gasteiger partial charge in [-0.3, -0.25) is 9.59 Å². The summed E-state index contributed by atoms with van der Waals surface area (Å²) in [5.41, 5.74) is 1.91. The number of hydrogen-bond donors (Lipinski definition) is 2. The van der Waals surface area contributed by atoms with E-state index in [0.29, 0.717) is 29.6 Å². The van der Waals surface area contributed by atoms with E-state index in [-0.39, 0.29) is 23.9 Å². The van der Waals surface area contributed by atoms with E-state index in [1.54, 1.807) is 0 Å². The van der Waals surface area contributed by atoms with Crippen molar-refractivity contribution in [2.24, 2.45) is 0 Å². The molecule has 2 aliphatic rings. The first-order valence-electron chi connectivity index (χ1n) is 14.8. The van der Waals surface area contributed by atoms with Crippen molar-refractivity contribution in [3.63, 3.8) is 0 Å². The predicted molar refractivity (Wildman–Crippen MR) is 163 cm³/mol. The summed E-state index contributed by atoms with van der Waals surface area (Å²) in [7, 11) is 0. The van der Waals surface area contributed by atoms with Gasteiger partial charge in [-0.2, -0.15) is 0 Å². The number of amides is 2. The lowest BCUT2D eigenvalue weighted by atomic mass is 9.95. The van der Waals surface area contributed by atoms with Crippen molar-refractivity contribution < 1.29 is 9.59 Å². The van der Waals surface area contributed by atoms with Gasteiger partial charge >= 0.3 is 0 Å². The number of rotatable bonds is 10. The Hall–Kier alpha value is -2.93. The maximum absolute atomic E-state index is 13.8. The molecule has 3 aromatic carbocycles. The van der Waals surface area contributed by atoms with Gasteiger partial charge in [-0.15, -0.1) is 0 Å². The molecule has 2 fully saturated rings. The minimum absolute atomic E-state index is 0.0255. The van der Waals surface area contributed by atoms with Crippen molar-refractivity contribution in [3.05, 3.63) is 82.9 Å². The van der Waals surface area contributed by atoms with Crippen molar-refractivity contribution in [2.45, 2.75) is 57.0 Å². The maximum Gasteiger partial charge on any atom is 0.251 e. The van der Waals surface area contributed by atoms with E-state index in [0.717, 1.165) is 56.2 Å². The number of fused-ring (bicyclic) bond motifs is 1. The second kappa shape index (κ2) is 13.6. The normalized spacial score (nSPS) is 20.9. The molecule has 7 heteroatoms. The van der Waals surface area contributed by atoms with E-state index in [4.69, 9.17) is 11.6 Å². The molecule has 2 aliphatic heterocycles. The van der Waals surface area contributed by atoms with Crippen LogP contribution in [0.5, 0.6) is 0 Å². The molecule has 40 heavy (non-hydrogen) atoms. The van der Waals surface area contributed by atoms with E-state index in [2.05, 4.69) is 51.6 Å². The van der Waals surface area contributed by atoms with Gasteiger partial charge in [0, 0.05) is 48.7 Å². The summed E-state index contributed by atoms with van der Waals surface area (Å²) in [6.45, 7) is 7.25. The van der Waals surface area contributed by atoms with Crippen molar-refractivity contribution in [1.82, 2.24) is 20.4 Å². The molecule has 0 saturated carbocycles. The number of nitrogens with zero attached hydrogens (tertiary/aromatic N) is 2. The molecule has 0 spiro atoms. The van der Waals surface area contributed by atoms with E-state index in [1.807, 2.05) is 42.5 Å². The number of likely N-dealkylation sites (tertiary alicyclic amines) is 1. The van der Waals surface area contributed by atoms with Crippen LogP contribution in [0.2, 0.25) is 5.02 Å². The fraction of sp³-hybridized carbons (Fsp3) is 0.455. The quantitative estimate of drug-likeness (QED) is 0.345. The Morgan fingerprint density at radius 3 is 2.55 bits per heavy atom. The summed E-state index contributed by atoms with van der Waals surface area (Å²) in [6, 6.07) is 21.7. The van der Waals surface area contributed by atoms with E-state index in [9.17, 15) is 9.59 Å². The molecular weight excluding hydrogens is 520 g/mol. The van der Waals surface area contributed by atoms with Crippen LogP contribution < -0.4 is 10.6 Å². The molecule has 5 rings (SSSR count). The van der Waals surface area contributed by atoms with Gasteiger partial charge in [-0.1, -0.05) is 61.0 Å². The average Bonchev–Trinajstić information content (AvgIpc) is 3.46. The highest BCUT2D eigenvalue weighted by Gasteiger charge is 2.32. The zero-order valence-electron chi connectivity index (χ0n) is 23.4. The smallest absolute Gasteiger partial charge is 0.251 e. The molecular formula is C33H41ClN4O2. The Kier molecular flexibility index (Phi) is 9.74. The highest BCUT2D eigenvalue weighted by atomic mass is 35.5. The van der Waals surface area contributed by atoms with Crippen molar-refractivity contribution in [3.8, 4) is 0 Å². The van der Waals surface area contributed by atoms with Gasteiger partial charge in [0.1, 0.15) is 0 Å². The lowest BCUT2D eigenvalue weighted by molar-refractivity contribution is -0.133. The number of halogens is 1. The third-order valence-corrected chi connectivity index (χ3v) is 8.74. The Balaban J connectivity index is 1.25. The first-order valence-corrected chi connectivity index (χ1v) is 15.2. The van der Waals surface area contributed by atoms with Gasteiger partial charge in [0.25, 0.3) is 5.91 Å². The molecule has 2 amide bonds. The summed E-state index contributed by atoms with van der Waals surface area (Å²) in [6.07, 6.45) is 5.05. The molecule has 0 radical (unpaired) electrons. The molecule has 0 aromatic heterocycles. The Bertz CT molecular complexity index is 1290. The predicted octanol–water partition coefficient (Wildman–Crippen LogP) is 5.46. The largest absolute Gasteiger partial charge is 0.350 e. The summed E-state index contributed by atoms with van der Waals surface area (Å²) in [5.74, 6) is 0.397. The zero-order chi connectivity index (χ0) is 27.9. The fourth-order valence-electron chi connectivity index (χ4n) is 6.09. The van der Waals surface area contributed by atoms with Crippen molar-refractivity contribution in [2.75, 3.05) is 39.3 Å². The van der Waals surface area contributed by atoms with Crippen LogP contribution in [-0.4, -0.2) is 73.0 Å². The van der Waals surface area contributed by atoms with Crippen LogP contribution in [-0.2, 0) is 4.79 Å². The zero-order valence-corrected chi connectivity index (χ0v) is 24.2. The summed E-state index contributed by atoms with van der Waals surface area (Å²) < 4.78 is 0. The highest BCUT2D eigenvalue weighted by molar-refractivity contribution is 6.31. The lowest BCUT2D eigenvalue weighted by Crippen LogP contribution is -2.50. The minimum atomic E-state index is -0.247. The number of carbonyl (C=O) groups excluding carboxylic acids is 2. The monoisotopic (exact) mass is 560 g/mol. The van der Waals surface area contributed by atoms with Crippen molar-refractivity contribution >= 4 is 34.2 Å². The molecule has 2 saturated heterocycles. The van der Waals surface area contributed by atoms with E-state index in [1.165, 1.54) is 18.4 Å². The SMILES string of the molecule is CC[C@H](CN1CC[C@H](CNC(=O)c2ccc3cc(Cl)ccc3c2)N[C@H](CCN2CCCC2)C1=O)c1ccccc1. The van der Waals surface area contributed by atoms with Crippen LogP contribution in [0.15, 0.2) is 66.7 Å². The first-order chi connectivity index (χ1) is 19.5. The first kappa shape index (κ1) is 28.6. The Morgan fingerprint density at radius 1 is 1.02 bits per heavy atom. The number of benzene rings is 3. The fourth-order valence-corrected chi connectivity index (χ4v) is 6.27. The molecule has 2 N–H and O–H groups in total. The Morgan fingerprint density at radius 2 is 1.77 bits per heavy atom. The van der Waals surface area contributed by atoms with Gasteiger partial charge in [0.15, 0.2) is 0 Å². The third-order valence-electron chi connectivity index (χ3n) is 8.50. The lowest BCUT2D eigenvalue weighted by Gasteiger charge is -2.29. The van der Waals surface area contributed by atoms with Gasteiger partial charge in [-0.05, 0) is 85.8 Å². The second-order valence-electron chi connectivity index (χ2n) is 11.3. The molecule has 2 heterocycles. The van der Waals surface area contributed by atoms with Crippen LogP contribution in [0, 0.1) is 0 Å². The topological polar surface area (TPSA) is 64.7 Å². The molecule has 3 aromatic rings. The molecule has 0 aliphatic carbocycles. The van der Waals surface area contributed by atoms with Gasteiger partial charge in [0.05, 0.1) is 6.04 Å². The van der Waals surface area contributed by atoms with Crippen LogP contribution in [0.25, 0.3) is 10.8 Å². The number of nitrogens with one attached hydrogen (secondary N) is 2. The average molecular weight is 561 g/mol. The van der Waals surface area contributed by atoms with E-state index >= 15 is 0 Å². The van der Waals surface area contributed by atoms with E-state index < -0.39 is 0 Å². The minimum Gasteiger partial charge on any atom is -0.350 e. The van der Waals surface area contributed by atoms with Crippen molar-refractivity contribution in [1.29, 1.82) is 0 Å². The Labute approximate surface area is 243 Å². The second-order valence-corrected chi connectivity index (χ2v) is 11.7. The molecule has 0 unspecified atom stereocenters. The molecule has 0 bridgehead atoms. The van der Waals surface area contributed by atoms with Crippen LogP contribution >= 0.6 is 11.6 Å². The van der Waals surface area contributed by atoms with Crippen LogP contribution in [0.3, 0.4) is 0 Å². The molecule has 3 atom stereocenters. The standard InChI is InChI=1S/C33H41ClN4O2/c1-2-24(25-8-4-3-5-9-25)23-38-19-14-30(36-31(33(38)40)15-18-37-16-6-7-17-37)22-35-32(39)28-11-10-27-21-29(34)13-12-26(27)20-28/h3-5,8-13,20-21,24,30-31,36H,2,6-7,14-19,22-23H2,1H3,(H,35,39)/t24-,30-,31-/m1/s1. The van der Waals surface area contributed by atoms with Gasteiger partial charge in [-0.25, -0.2) is 0 Å². The van der Waals surface area contributed by atoms with Gasteiger partial charge in [0.2, 0.25) is 5.91 Å². The van der Waals surface area contributed by atoms with Crippen LogP contribution in [0.1, 0.15) is 60.9 Å². The maximum atomic E-state index is 13.8. The van der Waals surface area contributed by atoms with Gasteiger partial charge < -0.3 is 20.4 Å². The third kappa shape index (κ3) is 7.22.